The molecule has 0 bridgehead atoms. The standard InChI is InChI=1S/C31H40O2/c1-22(2)12-9-13-23(3)14-10-15-24(4)16-11-17-25(5)20-21-27-26(6)30(32)28-18-7-8-19-29(28)31(27)33/h7-8,12,14,16,18-20H,9-11,13,15,17,21H2,1-6H3/b23-14+,24-16?,25-20+. The van der Waals surface area contributed by atoms with Gasteiger partial charge in [-0.3, -0.25) is 9.59 Å². The highest BCUT2D eigenvalue weighted by atomic mass is 16.1. The molecule has 0 aromatic heterocycles. The Balaban J connectivity index is 1.83. The molecule has 1 aliphatic carbocycles. The summed E-state index contributed by atoms with van der Waals surface area (Å²) >= 11 is 0. The molecule has 0 saturated heterocycles. The van der Waals surface area contributed by atoms with Gasteiger partial charge in [-0.15, -0.1) is 0 Å². The van der Waals surface area contributed by atoms with E-state index in [1.807, 2.05) is 12.1 Å². The Morgan fingerprint density at radius 1 is 0.667 bits per heavy atom. The molecule has 1 aliphatic rings. The lowest BCUT2D eigenvalue weighted by Gasteiger charge is -2.18. The second-order valence-electron chi connectivity index (χ2n) is 9.56. The van der Waals surface area contributed by atoms with Crippen molar-refractivity contribution >= 4 is 11.6 Å². The molecule has 2 heteroatoms. The van der Waals surface area contributed by atoms with E-state index in [1.54, 1.807) is 19.1 Å². The van der Waals surface area contributed by atoms with Crippen molar-refractivity contribution in [2.24, 2.45) is 0 Å². The van der Waals surface area contributed by atoms with Crippen molar-refractivity contribution in [2.75, 3.05) is 0 Å². The number of hydrogen-bond donors (Lipinski definition) is 0. The molecule has 1 aromatic carbocycles. The first-order chi connectivity index (χ1) is 15.7. The number of allylic oxidation sites excluding steroid dienone is 10. The number of ketones is 2. The van der Waals surface area contributed by atoms with Gasteiger partial charge in [-0.2, -0.15) is 0 Å². The first-order valence-corrected chi connectivity index (χ1v) is 12.2. The predicted molar refractivity (Wildman–Crippen MR) is 141 cm³/mol. The van der Waals surface area contributed by atoms with Crippen molar-refractivity contribution in [1.82, 2.24) is 0 Å². The van der Waals surface area contributed by atoms with E-state index in [9.17, 15) is 9.59 Å². The van der Waals surface area contributed by atoms with Crippen LogP contribution in [0.3, 0.4) is 0 Å². The Morgan fingerprint density at radius 3 is 1.64 bits per heavy atom. The highest BCUT2D eigenvalue weighted by Gasteiger charge is 2.28. The molecule has 0 radical (unpaired) electrons. The van der Waals surface area contributed by atoms with Crippen molar-refractivity contribution in [2.45, 2.75) is 86.5 Å². The van der Waals surface area contributed by atoms with Gasteiger partial charge < -0.3 is 0 Å². The summed E-state index contributed by atoms with van der Waals surface area (Å²) in [6, 6.07) is 7.13. The third kappa shape index (κ3) is 8.28. The van der Waals surface area contributed by atoms with Crippen LogP contribution >= 0.6 is 0 Å². The van der Waals surface area contributed by atoms with Crippen molar-refractivity contribution < 1.29 is 9.59 Å². The van der Waals surface area contributed by atoms with Gasteiger partial charge in [0.05, 0.1) is 0 Å². The smallest absolute Gasteiger partial charge is 0.190 e. The molecular weight excluding hydrogens is 404 g/mol. The summed E-state index contributed by atoms with van der Waals surface area (Å²) in [7, 11) is 0. The van der Waals surface area contributed by atoms with E-state index in [0.717, 1.165) is 38.5 Å². The SMILES string of the molecule is CC(C)=CCC/C(C)=C/CCC(C)=CCC/C(C)=C/CC1=C(C)C(=O)c2ccccc2C1=O. The predicted octanol–water partition coefficient (Wildman–Crippen LogP) is 8.92. The molecular formula is C31H40O2. The molecule has 0 heterocycles. The number of carbonyl (C=O) groups excluding carboxylic acids is 2. The van der Waals surface area contributed by atoms with E-state index in [-0.39, 0.29) is 11.6 Å². The van der Waals surface area contributed by atoms with Crippen LogP contribution in [0.4, 0.5) is 0 Å². The number of hydrogen-bond acceptors (Lipinski definition) is 2. The van der Waals surface area contributed by atoms with Crippen molar-refractivity contribution in [3.8, 4) is 0 Å². The molecule has 176 valence electrons. The van der Waals surface area contributed by atoms with E-state index in [4.69, 9.17) is 0 Å². The van der Waals surface area contributed by atoms with Crippen LogP contribution in [-0.2, 0) is 0 Å². The van der Waals surface area contributed by atoms with E-state index in [0.29, 0.717) is 28.7 Å². The summed E-state index contributed by atoms with van der Waals surface area (Å²) in [5.74, 6) is -0.0299. The summed E-state index contributed by atoms with van der Waals surface area (Å²) in [6.45, 7) is 12.6. The Kier molecular flexibility index (Phi) is 10.5. The minimum Gasteiger partial charge on any atom is -0.289 e. The van der Waals surface area contributed by atoms with Crippen molar-refractivity contribution in [3.05, 3.63) is 93.1 Å². The number of carbonyl (C=O) groups is 2. The fourth-order valence-corrected chi connectivity index (χ4v) is 4.06. The largest absolute Gasteiger partial charge is 0.289 e. The summed E-state index contributed by atoms with van der Waals surface area (Å²) in [5, 5.41) is 0. The topological polar surface area (TPSA) is 34.1 Å². The van der Waals surface area contributed by atoms with E-state index >= 15 is 0 Å². The molecule has 0 fully saturated rings. The van der Waals surface area contributed by atoms with Crippen molar-refractivity contribution in [1.29, 1.82) is 0 Å². The van der Waals surface area contributed by atoms with E-state index < -0.39 is 0 Å². The molecule has 2 rings (SSSR count). The van der Waals surface area contributed by atoms with Crippen LogP contribution in [0.5, 0.6) is 0 Å². The molecule has 0 atom stereocenters. The third-order valence-corrected chi connectivity index (χ3v) is 6.29. The fourth-order valence-electron chi connectivity index (χ4n) is 4.06. The number of rotatable bonds is 11. The maximum Gasteiger partial charge on any atom is 0.190 e. The molecule has 0 unspecified atom stereocenters. The zero-order valence-corrected chi connectivity index (χ0v) is 21.4. The maximum atomic E-state index is 12.9. The lowest BCUT2D eigenvalue weighted by atomic mass is 9.83. The lowest BCUT2D eigenvalue weighted by Crippen LogP contribution is -2.20. The molecule has 1 aromatic rings. The quantitative estimate of drug-likeness (QED) is 0.319. The summed E-state index contributed by atoms with van der Waals surface area (Å²) in [4.78, 5) is 25.5. The average molecular weight is 445 g/mol. The Bertz CT molecular complexity index is 1020. The summed E-state index contributed by atoms with van der Waals surface area (Å²) in [5.41, 5.74) is 7.84. The van der Waals surface area contributed by atoms with Crippen LogP contribution in [0, 0.1) is 0 Å². The van der Waals surface area contributed by atoms with E-state index in [2.05, 4.69) is 58.9 Å². The first kappa shape index (κ1) is 26.5. The Morgan fingerprint density at radius 2 is 1.12 bits per heavy atom. The van der Waals surface area contributed by atoms with Crippen LogP contribution in [0.1, 0.15) is 107 Å². The van der Waals surface area contributed by atoms with Crippen LogP contribution in [0.25, 0.3) is 0 Å². The third-order valence-electron chi connectivity index (χ3n) is 6.29. The lowest BCUT2D eigenvalue weighted by molar-refractivity contribution is 0.0973. The molecule has 0 saturated carbocycles. The van der Waals surface area contributed by atoms with Crippen LogP contribution in [0.2, 0.25) is 0 Å². The molecule has 0 N–H and O–H groups in total. The number of Topliss-reactive ketones (excluding diaryl/α,β-unsaturated/α-hetero) is 2. The van der Waals surface area contributed by atoms with Gasteiger partial charge in [0.2, 0.25) is 0 Å². The van der Waals surface area contributed by atoms with Crippen LogP contribution in [0.15, 0.2) is 82.0 Å². The Hall–Kier alpha value is -2.74. The number of fused-ring (bicyclic) bond motifs is 1. The second-order valence-corrected chi connectivity index (χ2v) is 9.56. The molecule has 0 aliphatic heterocycles. The fraction of sp³-hybridized carbons (Fsp3) is 0.419. The summed E-state index contributed by atoms with van der Waals surface area (Å²) < 4.78 is 0. The van der Waals surface area contributed by atoms with Crippen LogP contribution < -0.4 is 0 Å². The maximum absolute atomic E-state index is 12.9. The zero-order chi connectivity index (χ0) is 24.4. The average Bonchev–Trinajstić information content (AvgIpc) is 2.77. The van der Waals surface area contributed by atoms with Gasteiger partial charge in [0, 0.05) is 22.3 Å². The second kappa shape index (κ2) is 13.1. The first-order valence-electron chi connectivity index (χ1n) is 12.2. The summed E-state index contributed by atoms with van der Waals surface area (Å²) in [6.07, 6.45) is 16.1. The van der Waals surface area contributed by atoms with Gasteiger partial charge in [-0.25, -0.2) is 0 Å². The molecule has 33 heavy (non-hydrogen) atoms. The zero-order valence-electron chi connectivity index (χ0n) is 21.4. The molecule has 0 spiro atoms. The minimum atomic E-state index is -0.0222. The number of benzene rings is 1. The van der Waals surface area contributed by atoms with Crippen LogP contribution in [-0.4, -0.2) is 11.6 Å². The highest BCUT2D eigenvalue weighted by molar-refractivity contribution is 6.26. The van der Waals surface area contributed by atoms with E-state index in [1.165, 1.54) is 22.3 Å². The van der Waals surface area contributed by atoms with Gasteiger partial charge in [0.25, 0.3) is 0 Å². The molecule has 2 nitrogen and oxygen atoms in total. The highest BCUT2D eigenvalue weighted by Crippen LogP contribution is 2.28. The van der Waals surface area contributed by atoms with Gasteiger partial charge >= 0.3 is 0 Å². The van der Waals surface area contributed by atoms with Gasteiger partial charge in [0.1, 0.15) is 0 Å². The Labute approximate surface area is 200 Å². The van der Waals surface area contributed by atoms with Gasteiger partial charge in [0.15, 0.2) is 11.6 Å². The normalized spacial score (nSPS) is 15.2. The van der Waals surface area contributed by atoms with Gasteiger partial charge in [-0.05, 0) is 86.5 Å². The van der Waals surface area contributed by atoms with Gasteiger partial charge in [-0.1, -0.05) is 70.9 Å². The molecule has 0 amide bonds. The van der Waals surface area contributed by atoms with Crippen molar-refractivity contribution in [3.63, 3.8) is 0 Å². The monoisotopic (exact) mass is 444 g/mol. The minimum absolute atomic E-state index is 0.00770.